The zero-order valence-corrected chi connectivity index (χ0v) is 11.2. The normalized spacial score (nSPS) is 14.8. The summed E-state index contributed by atoms with van der Waals surface area (Å²) in [5.74, 6) is 1.31. The molecule has 0 saturated carbocycles. The third kappa shape index (κ3) is 1.94. The Kier molecular flexibility index (Phi) is 3.11. The fourth-order valence-electron chi connectivity index (χ4n) is 1.96. The van der Waals surface area contributed by atoms with Crippen LogP contribution in [0.4, 0.5) is 0 Å². The molecule has 0 amide bonds. The lowest BCUT2D eigenvalue weighted by Crippen LogP contribution is -2.17. The van der Waals surface area contributed by atoms with Gasteiger partial charge in [0.1, 0.15) is 5.01 Å². The molecule has 1 atom stereocenters. The Labute approximate surface area is 114 Å². The maximum Gasteiger partial charge on any atom is 0.231 e. The minimum atomic E-state index is 0.0111. The molecule has 2 aromatic rings. The molecule has 0 bridgehead atoms. The van der Waals surface area contributed by atoms with Crippen LogP contribution < -0.4 is 14.8 Å². The maximum atomic E-state index is 6.19. The first-order chi connectivity index (χ1) is 8.79. The van der Waals surface area contributed by atoms with E-state index in [0.717, 1.165) is 10.6 Å². The highest BCUT2D eigenvalue weighted by atomic mass is 35.5. The van der Waals surface area contributed by atoms with E-state index in [4.69, 9.17) is 21.1 Å². The summed E-state index contributed by atoms with van der Waals surface area (Å²) in [6, 6.07) is 3.84. The van der Waals surface area contributed by atoms with Crippen molar-refractivity contribution in [3.05, 3.63) is 39.3 Å². The lowest BCUT2D eigenvalue weighted by Gasteiger charge is -2.15. The van der Waals surface area contributed by atoms with Crippen LogP contribution in [0.25, 0.3) is 0 Å². The first-order valence-electron chi connectivity index (χ1n) is 5.45. The second kappa shape index (κ2) is 4.76. The average molecular weight is 283 g/mol. The van der Waals surface area contributed by atoms with E-state index < -0.39 is 0 Å². The van der Waals surface area contributed by atoms with E-state index in [1.54, 1.807) is 17.5 Å². The van der Waals surface area contributed by atoms with Crippen LogP contribution in [0, 0.1) is 0 Å². The van der Waals surface area contributed by atoms with E-state index in [9.17, 15) is 0 Å². The van der Waals surface area contributed by atoms with Crippen molar-refractivity contribution in [2.24, 2.45) is 0 Å². The largest absolute Gasteiger partial charge is 0.454 e. The van der Waals surface area contributed by atoms with E-state index in [1.165, 1.54) is 0 Å². The lowest BCUT2D eigenvalue weighted by atomic mass is 10.1. The summed E-state index contributed by atoms with van der Waals surface area (Å²) in [6.45, 7) is 0.222. The Morgan fingerprint density at radius 3 is 3.06 bits per heavy atom. The molecule has 0 spiro atoms. The molecule has 0 fully saturated rings. The monoisotopic (exact) mass is 282 g/mol. The molecule has 18 heavy (non-hydrogen) atoms. The predicted molar refractivity (Wildman–Crippen MR) is 70.6 cm³/mol. The Morgan fingerprint density at radius 2 is 2.33 bits per heavy atom. The van der Waals surface area contributed by atoms with E-state index in [2.05, 4.69) is 10.3 Å². The SMILES string of the molecule is CNC(c1cc(Cl)c2c(c1)OCO2)c1nccs1. The number of halogens is 1. The minimum absolute atomic E-state index is 0.0111. The van der Waals surface area contributed by atoms with Crippen LogP contribution in [0.1, 0.15) is 16.6 Å². The molecule has 3 rings (SSSR count). The summed E-state index contributed by atoms with van der Waals surface area (Å²) in [4.78, 5) is 4.33. The van der Waals surface area contributed by atoms with Gasteiger partial charge in [-0.1, -0.05) is 11.6 Å². The summed E-state index contributed by atoms with van der Waals surface area (Å²) < 4.78 is 10.7. The van der Waals surface area contributed by atoms with Crippen LogP contribution in [0.2, 0.25) is 5.02 Å². The van der Waals surface area contributed by atoms with Gasteiger partial charge in [0.2, 0.25) is 6.79 Å². The second-order valence-corrected chi connectivity index (χ2v) is 5.16. The van der Waals surface area contributed by atoms with Gasteiger partial charge in [-0.3, -0.25) is 0 Å². The van der Waals surface area contributed by atoms with E-state index in [-0.39, 0.29) is 12.8 Å². The smallest absolute Gasteiger partial charge is 0.231 e. The third-order valence-corrected chi connectivity index (χ3v) is 3.89. The number of thiazole rings is 1. The van der Waals surface area contributed by atoms with Gasteiger partial charge >= 0.3 is 0 Å². The van der Waals surface area contributed by atoms with Crippen molar-refractivity contribution < 1.29 is 9.47 Å². The Balaban J connectivity index is 2.03. The van der Waals surface area contributed by atoms with Crippen LogP contribution in [-0.4, -0.2) is 18.8 Å². The van der Waals surface area contributed by atoms with Gasteiger partial charge in [-0.05, 0) is 24.7 Å². The summed E-state index contributed by atoms with van der Waals surface area (Å²) in [5.41, 5.74) is 1.02. The number of rotatable bonds is 3. The molecule has 94 valence electrons. The lowest BCUT2D eigenvalue weighted by molar-refractivity contribution is 0.174. The fraction of sp³-hybridized carbons (Fsp3) is 0.250. The summed E-state index contributed by atoms with van der Waals surface area (Å²) >= 11 is 7.79. The molecule has 0 radical (unpaired) electrons. The highest BCUT2D eigenvalue weighted by Gasteiger charge is 2.22. The number of fused-ring (bicyclic) bond motifs is 1. The molecule has 4 nitrogen and oxygen atoms in total. The van der Waals surface area contributed by atoms with E-state index in [1.807, 2.05) is 24.6 Å². The maximum absolute atomic E-state index is 6.19. The quantitative estimate of drug-likeness (QED) is 0.940. The number of hydrogen-bond acceptors (Lipinski definition) is 5. The predicted octanol–water partition coefficient (Wildman–Crippen LogP) is 2.83. The van der Waals surface area contributed by atoms with Crippen LogP contribution >= 0.6 is 22.9 Å². The number of nitrogens with zero attached hydrogens (tertiary/aromatic N) is 1. The van der Waals surface area contributed by atoms with Crippen molar-refractivity contribution in [1.29, 1.82) is 0 Å². The van der Waals surface area contributed by atoms with Crippen molar-refractivity contribution >= 4 is 22.9 Å². The molecule has 0 aliphatic carbocycles. The number of benzene rings is 1. The number of ether oxygens (including phenoxy) is 2. The van der Waals surface area contributed by atoms with Crippen molar-refractivity contribution in [2.45, 2.75) is 6.04 Å². The fourth-order valence-corrected chi connectivity index (χ4v) is 3.01. The van der Waals surface area contributed by atoms with Gasteiger partial charge < -0.3 is 14.8 Å². The van der Waals surface area contributed by atoms with Crippen LogP contribution in [0.5, 0.6) is 11.5 Å². The molecule has 1 unspecified atom stereocenters. The topological polar surface area (TPSA) is 43.4 Å². The minimum Gasteiger partial charge on any atom is -0.454 e. The van der Waals surface area contributed by atoms with Crippen LogP contribution in [-0.2, 0) is 0 Å². The molecule has 1 aliphatic heterocycles. The molecule has 2 heterocycles. The number of aromatic nitrogens is 1. The van der Waals surface area contributed by atoms with Gasteiger partial charge in [-0.2, -0.15) is 0 Å². The molecular formula is C12H11ClN2O2S. The van der Waals surface area contributed by atoms with Gasteiger partial charge in [-0.25, -0.2) is 4.98 Å². The van der Waals surface area contributed by atoms with Gasteiger partial charge in [0.25, 0.3) is 0 Å². The standard InChI is InChI=1S/C12H11ClN2O2S/c1-14-10(12-15-2-3-18-12)7-4-8(13)11-9(5-7)16-6-17-11/h2-5,10,14H,6H2,1H3. The third-order valence-electron chi connectivity index (χ3n) is 2.77. The van der Waals surface area contributed by atoms with E-state index in [0.29, 0.717) is 16.5 Å². The Hall–Kier alpha value is -1.30. The van der Waals surface area contributed by atoms with Gasteiger partial charge in [0.05, 0.1) is 11.1 Å². The summed E-state index contributed by atoms with van der Waals surface area (Å²) in [5, 5.41) is 6.74. The van der Waals surface area contributed by atoms with Gasteiger partial charge in [-0.15, -0.1) is 11.3 Å². The average Bonchev–Trinajstić information content (AvgIpc) is 3.00. The van der Waals surface area contributed by atoms with Crippen molar-refractivity contribution in [3.8, 4) is 11.5 Å². The molecule has 0 saturated heterocycles. The van der Waals surface area contributed by atoms with E-state index >= 15 is 0 Å². The molecule has 1 N–H and O–H groups in total. The summed E-state index contributed by atoms with van der Waals surface area (Å²) in [7, 11) is 1.89. The van der Waals surface area contributed by atoms with Crippen LogP contribution in [0.15, 0.2) is 23.7 Å². The summed E-state index contributed by atoms with van der Waals surface area (Å²) in [6.07, 6.45) is 1.79. The molecular weight excluding hydrogens is 272 g/mol. The second-order valence-electron chi connectivity index (χ2n) is 3.83. The highest BCUT2D eigenvalue weighted by Crippen LogP contribution is 2.41. The van der Waals surface area contributed by atoms with Crippen molar-refractivity contribution in [2.75, 3.05) is 13.8 Å². The molecule has 6 heteroatoms. The highest BCUT2D eigenvalue weighted by molar-refractivity contribution is 7.09. The van der Waals surface area contributed by atoms with Gasteiger partial charge in [0, 0.05) is 11.6 Å². The molecule has 1 aromatic carbocycles. The zero-order valence-electron chi connectivity index (χ0n) is 9.64. The van der Waals surface area contributed by atoms with Crippen molar-refractivity contribution in [1.82, 2.24) is 10.3 Å². The molecule has 1 aromatic heterocycles. The first kappa shape index (κ1) is 11.8. The van der Waals surface area contributed by atoms with Gasteiger partial charge in [0.15, 0.2) is 11.5 Å². The van der Waals surface area contributed by atoms with Crippen LogP contribution in [0.3, 0.4) is 0 Å². The first-order valence-corrected chi connectivity index (χ1v) is 6.71. The Bertz CT molecular complexity index is 559. The van der Waals surface area contributed by atoms with Crippen molar-refractivity contribution in [3.63, 3.8) is 0 Å². The number of hydrogen-bond donors (Lipinski definition) is 1. The Morgan fingerprint density at radius 1 is 1.44 bits per heavy atom. The molecule has 1 aliphatic rings. The zero-order chi connectivity index (χ0) is 12.5. The number of nitrogens with one attached hydrogen (secondary N) is 1.